The first-order valence-electron chi connectivity index (χ1n) is 5.63. The maximum absolute atomic E-state index is 5.38. The zero-order valence-electron chi connectivity index (χ0n) is 9.81. The Kier molecular flexibility index (Phi) is 3.47. The van der Waals surface area contributed by atoms with Gasteiger partial charge in [0.2, 0.25) is 0 Å². The lowest BCUT2D eigenvalue weighted by molar-refractivity contribution is 0.249. The maximum atomic E-state index is 5.38. The second-order valence-electron chi connectivity index (χ2n) is 3.69. The highest BCUT2D eigenvalue weighted by Crippen LogP contribution is 2.17. The van der Waals surface area contributed by atoms with Crippen molar-refractivity contribution in [1.29, 1.82) is 0 Å². The van der Waals surface area contributed by atoms with E-state index in [-0.39, 0.29) is 0 Å². The number of hydrogen-bond acceptors (Lipinski definition) is 1. The number of rotatable bonds is 3. The molecular weight excluding hydrogens is 208 g/mol. The van der Waals surface area contributed by atoms with Crippen LogP contribution in [0.15, 0.2) is 48.2 Å². The third kappa shape index (κ3) is 2.68. The van der Waals surface area contributed by atoms with Crippen LogP contribution in [-0.4, -0.2) is 6.61 Å². The van der Waals surface area contributed by atoms with Crippen LogP contribution in [0.4, 0.5) is 0 Å². The second-order valence-corrected chi connectivity index (χ2v) is 3.69. The molecule has 0 heterocycles. The quantitative estimate of drug-likeness (QED) is 0.566. The minimum absolute atomic E-state index is 0.572. The largest absolute Gasteiger partial charge is 0.486 e. The minimum atomic E-state index is 0.572. The van der Waals surface area contributed by atoms with E-state index >= 15 is 0 Å². The Labute approximate surface area is 102 Å². The lowest BCUT2D eigenvalue weighted by atomic mass is 10.1. The molecule has 1 heteroatoms. The highest BCUT2D eigenvalue weighted by Gasteiger charge is 1.96. The van der Waals surface area contributed by atoms with Gasteiger partial charge in [-0.25, -0.2) is 0 Å². The Bertz CT molecular complexity index is 588. The molecule has 0 unspecified atom stereocenters. The SMILES string of the molecule is C#C/C(=C\c1ccc2ccccc2c1)OCC. The summed E-state index contributed by atoms with van der Waals surface area (Å²) in [6.07, 6.45) is 7.26. The van der Waals surface area contributed by atoms with Crippen molar-refractivity contribution < 1.29 is 4.74 Å². The smallest absolute Gasteiger partial charge is 0.170 e. The van der Waals surface area contributed by atoms with Gasteiger partial charge in [0.25, 0.3) is 0 Å². The summed E-state index contributed by atoms with van der Waals surface area (Å²) in [7, 11) is 0. The molecule has 1 nitrogen and oxygen atoms in total. The van der Waals surface area contributed by atoms with Crippen LogP contribution in [0.1, 0.15) is 12.5 Å². The fraction of sp³-hybridized carbons (Fsp3) is 0.125. The molecule has 0 fully saturated rings. The highest BCUT2D eigenvalue weighted by atomic mass is 16.5. The van der Waals surface area contributed by atoms with Crippen LogP contribution in [0.25, 0.3) is 16.8 Å². The Morgan fingerprint density at radius 3 is 2.71 bits per heavy atom. The van der Waals surface area contributed by atoms with E-state index in [0.29, 0.717) is 12.4 Å². The van der Waals surface area contributed by atoms with E-state index in [2.05, 4.69) is 30.2 Å². The van der Waals surface area contributed by atoms with Gasteiger partial charge in [0.05, 0.1) is 6.61 Å². The lowest BCUT2D eigenvalue weighted by Crippen LogP contribution is -1.88. The van der Waals surface area contributed by atoms with E-state index in [1.807, 2.05) is 31.2 Å². The van der Waals surface area contributed by atoms with Crippen molar-refractivity contribution in [2.45, 2.75) is 6.92 Å². The van der Waals surface area contributed by atoms with Gasteiger partial charge in [-0.1, -0.05) is 36.4 Å². The van der Waals surface area contributed by atoms with Crippen molar-refractivity contribution >= 4 is 16.8 Å². The van der Waals surface area contributed by atoms with E-state index < -0.39 is 0 Å². The molecule has 0 spiro atoms. The summed E-state index contributed by atoms with van der Waals surface area (Å²) in [5, 5.41) is 2.43. The first-order chi connectivity index (χ1) is 8.33. The van der Waals surface area contributed by atoms with Gasteiger partial charge in [-0.15, -0.1) is 6.42 Å². The zero-order chi connectivity index (χ0) is 12.1. The molecule has 84 valence electrons. The van der Waals surface area contributed by atoms with Gasteiger partial charge in [0, 0.05) is 0 Å². The highest BCUT2D eigenvalue weighted by molar-refractivity contribution is 5.84. The van der Waals surface area contributed by atoms with Crippen LogP contribution in [0.2, 0.25) is 0 Å². The minimum Gasteiger partial charge on any atom is -0.486 e. The molecule has 0 radical (unpaired) electrons. The van der Waals surface area contributed by atoms with Crippen LogP contribution in [-0.2, 0) is 4.74 Å². The summed E-state index contributed by atoms with van der Waals surface area (Å²) < 4.78 is 5.33. The molecule has 0 N–H and O–H groups in total. The first kappa shape index (κ1) is 11.3. The van der Waals surface area contributed by atoms with Crippen LogP contribution < -0.4 is 0 Å². The van der Waals surface area contributed by atoms with Crippen molar-refractivity contribution in [1.82, 2.24) is 0 Å². The van der Waals surface area contributed by atoms with Crippen LogP contribution in [0, 0.1) is 12.3 Å². The average molecular weight is 222 g/mol. The molecule has 2 aromatic carbocycles. The molecule has 0 amide bonds. The van der Waals surface area contributed by atoms with Crippen molar-refractivity contribution in [3.63, 3.8) is 0 Å². The molecule has 2 aromatic rings. The summed E-state index contributed by atoms with van der Waals surface area (Å²) in [4.78, 5) is 0. The summed E-state index contributed by atoms with van der Waals surface area (Å²) in [6.45, 7) is 2.51. The van der Waals surface area contributed by atoms with Crippen molar-refractivity contribution in [3.05, 3.63) is 53.8 Å². The topological polar surface area (TPSA) is 9.23 Å². The zero-order valence-corrected chi connectivity index (χ0v) is 9.81. The number of terminal acetylenes is 1. The second kappa shape index (κ2) is 5.23. The number of hydrogen-bond donors (Lipinski definition) is 0. The molecule has 0 atom stereocenters. The Morgan fingerprint density at radius 1 is 1.24 bits per heavy atom. The molecule has 0 saturated heterocycles. The Morgan fingerprint density at radius 2 is 2.00 bits per heavy atom. The van der Waals surface area contributed by atoms with Gasteiger partial charge < -0.3 is 4.74 Å². The first-order valence-corrected chi connectivity index (χ1v) is 5.63. The van der Waals surface area contributed by atoms with Crippen LogP contribution in [0.3, 0.4) is 0 Å². The third-order valence-corrected chi connectivity index (χ3v) is 2.51. The summed E-state index contributed by atoms with van der Waals surface area (Å²) in [5.74, 6) is 3.11. The monoisotopic (exact) mass is 222 g/mol. The molecule has 0 saturated carbocycles. The van der Waals surface area contributed by atoms with Gasteiger partial charge in [0.1, 0.15) is 0 Å². The van der Waals surface area contributed by atoms with Gasteiger partial charge in [-0.05, 0) is 41.3 Å². The molecule has 0 bridgehead atoms. The van der Waals surface area contributed by atoms with Crippen molar-refractivity contribution in [2.75, 3.05) is 6.61 Å². The van der Waals surface area contributed by atoms with E-state index in [1.165, 1.54) is 10.8 Å². The molecule has 17 heavy (non-hydrogen) atoms. The van der Waals surface area contributed by atoms with Gasteiger partial charge in [0.15, 0.2) is 5.76 Å². The fourth-order valence-electron chi connectivity index (χ4n) is 1.73. The summed E-state index contributed by atoms with van der Waals surface area (Å²) in [5.41, 5.74) is 1.06. The Balaban J connectivity index is 2.40. The average Bonchev–Trinajstić information content (AvgIpc) is 2.38. The molecule has 0 aliphatic heterocycles. The predicted molar refractivity (Wildman–Crippen MR) is 72.4 cm³/mol. The summed E-state index contributed by atoms with van der Waals surface area (Å²) >= 11 is 0. The van der Waals surface area contributed by atoms with Gasteiger partial charge in [-0.2, -0.15) is 0 Å². The van der Waals surface area contributed by atoms with Crippen LogP contribution >= 0.6 is 0 Å². The predicted octanol–water partition coefficient (Wildman–Crippen LogP) is 3.85. The van der Waals surface area contributed by atoms with E-state index in [1.54, 1.807) is 0 Å². The fourth-order valence-corrected chi connectivity index (χ4v) is 1.73. The van der Waals surface area contributed by atoms with E-state index in [4.69, 9.17) is 11.2 Å². The molecule has 0 aliphatic rings. The number of ether oxygens (including phenoxy) is 1. The maximum Gasteiger partial charge on any atom is 0.170 e. The van der Waals surface area contributed by atoms with Crippen LogP contribution in [0.5, 0.6) is 0 Å². The molecule has 0 aromatic heterocycles. The van der Waals surface area contributed by atoms with Gasteiger partial charge in [-0.3, -0.25) is 0 Å². The number of fused-ring (bicyclic) bond motifs is 1. The molecule has 0 aliphatic carbocycles. The number of benzene rings is 2. The normalized spacial score (nSPS) is 11.2. The summed E-state index contributed by atoms with van der Waals surface area (Å²) in [6, 6.07) is 14.5. The van der Waals surface area contributed by atoms with Gasteiger partial charge >= 0.3 is 0 Å². The van der Waals surface area contributed by atoms with E-state index in [9.17, 15) is 0 Å². The molecule has 2 rings (SSSR count). The lowest BCUT2D eigenvalue weighted by Gasteiger charge is -2.03. The molecular formula is C16H14O. The van der Waals surface area contributed by atoms with Crippen molar-refractivity contribution in [2.24, 2.45) is 0 Å². The Hall–Kier alpha value is -2.20. The van der Waals surface area contributed by atoms with Crippen molar-refractivity contribution in [3.8, 4) is 12.3 Å². The van der Waals surface area contributed by atoms with E-state index in [0.717, 1.165) is 5.56 Å². The third-order valence-electron chi connectivity index (χ3n) is 2.51. The standard InChI is InChI=1S/C16H14O/c1-3-16(17-4-2)12-13-9-10-14-7-5-6-8-15(14)11-13/h1,5-12H,4H2,2H3/b16-12+. The number of allylic oxidation sites excluding steroid dienone is 1.